The largest absolute Gasteiger partial charge is 0.384 e. The highest BCUT2D eigenvalue weighted by atomic mass is 15.1. The predicted molar refractivity (Wildman–Crippen MR) is 86.5 cm³/mol. The lowest BCUT2D eigenvalue weighted by Crippen LogP contribution is -2.28. The topological polar surface area (TPSA) is 66.0 Å². The average molecular weight is 280 g/mol. The molecule has 2 aromatic rings. The minimum Gasteiger partial charge on any atom is -0.384 e. The van der Waals surface area contributed by atoms with Crippen LogP contribution in [0.2, 0.25) is 0 Å². The number of aromatic nitrogens is 1. The summed E-state index contributed by atoms with van der Waals surface area (Å²) in [6, 6.07) is 10.5. The molecule has 1 aliphatic heterocycles. The lowest BCUT2D eigenvalue weighted by atomic mass is 9.99. The number of fused-ring (bicyclic) bond motifs is 1. The zero-order valence-electron chi connectivity index (χ0n) is 12.5. The van der Waals surface area contributed by atoms with Crippen LogP contribution < -0.4 is 10.6 Å². The fraction of sp³-hybridized carbons (Fsp3) is 0.294. The molecule has 2 heterocycles. The van der Waals surface area contributed by atoms with Crippen LogP contribution in [0.1, 0.15) is 28.9 Å². The van der Waals surface area contributed by atoms with Crippen LogP contribution in [0.3, 0.4) is 0 Å². The van der Waals surface area contributed by atoms with Crippen molar-refractivity contribution in [2.24, 2.45) is 5.73 Å². The second kappa shape index (κ2) is 5.20. The molecule has 0 aliphatic carbocycles. The van der Waals surface area contributed by atoms with E-state index in [0.717, 1.165) is 42.0 Å². The van der Waals surface area contributed by atoms with Crippen molar-refractivity contribution in [1.82, 2.24) is 4.98 Å². The molecule has 0 fully saturated rings. The fourth-order valence-electron chi connectivity index (χ4n) is 3.14. The van der Waals surface area contributed by atoms with Crippen LogP contribution in [-0.4, -0.2) is 17.4 Å². The van der Waals surface area contributed by atoms with Gasteiger partial charge in [-0.1, -0.05) is 18.2 Å². The van der Waals surface area contributed by atoms with Crippen LogP contribution >= 0.6 is 0 Å². The van der Waals surface area contributed by atoms with E-state index in [0.29, 0.717) is 0 Å². The lowest BCUT2D eigenvalue weighted by molar-refractivity contribution is 0.765. The van der Waals surface area contributed by atoms with E-state index < -0.39 is 0 Å². The molecular weight excluding hydrogens is 260 g/mol. The Hall–Kier alpha value is -2.36. The Labute approximate surface area is 125 Å². The maximum Gasteiger partial charge on any atom is 0.126 e. The molecule has 0 saturated heterocycles. The number of benzene rings is 1. The molecule has 0 bridgehead atoms. The molecule has 3 N–H and O–H groups in total. The van der Waals surface area contributed by atoms with E-state index in [1.807, 2.05) is 19.9 Å². The van der Waals surface area contributed by atoms with E-state index >= 15 is 0 Å². The van der Waals surface area contributed by atoms with Gasteiger partial charge in [0.25, 0.3) is 0 Å². The van der Waals surface area contributed by atoms with Gasteiger partial charge in [-0.05, 0) is 44.4 Å². The number of aryl methyl sites for hydroxylation is 3. The van der Waals surface area contributed by atoms with Crippen molar-refractivity contribution in [3.05, 3.63) is 52.8 Å². The summed E-state index contributed by atoms with van der Waals surface area (Å²) < 4.78 is 0. The Morgan fingerprint density at radius 3 is 2.76 bits per heavy atom. The van der Waals surface area contributed by atoms with Gasteiger partial charge in [0.1, 0.15) is 5.84 Å². The molecule has 4 nitrogen and oxygen atoms in total. The third-order valence-electron chi connectivity index (χ3n) is 3.98. The SMILES string of the molecule is Cc1cc(N2CCCc3ccccc32)c(C(=N)N)c(C)n1. The van der Waals surface area contributed by atoms with Crippen molar-refractivity contribution in [3.63, 3.8) is 0 Å². The molecule has 0 radical (unpaired) electrons. The zero-order chi connectivity index (χ0) is 15.0. The summed E-state index contributed by atoms with van der Waals surface area (Å²) in [5, 5.41) is 7.90. The van der Waals surface area contributed by atoms with Crippen molar-refractivity contribution in [2.75, 3.05) is 11.4 Å². The molecule has 0 amide bonds. The van der Waals surface area contributed by atoms with Crippen molar-refractivity contribution in [3.8, 4) is 0 Å². The molecule has 0 spiro atoms. The molecule has 1 aromatic heterocycles. The standard InChI is InChI=1S/C17H20N4/c1-11-10-15(16(17(18)19)12(2)20-11)21-9-5-7-13-6-3-4-8-14(13)21/h3-4,6,8,10H,5,7,9H2,1-2H3,(H3,18,19). The van der Waals surface area contributed by atoms with Crippen molar-refractivity contribution in [1.29, 1.82) is 5.41 Å². The van der Waals surface area contributed by atoms with Gasteiger partial charge in [0, 0.05) is 17.9 Å². The summed E-state index contributed by atoms with van der Waals surface area (Å²) in [7, 11) is 0. The highest BCUT2D eigenvalue weighted by Crippen LogP contribution is 2.36. The van der Waals surface area contributed by atoms with E-state index in [4.69, 9.17) is 11.1 Å². The summed E-state index contributed by atoms with van der Waals surface area (Å²) in [4.78, 5) is 6.73. The van der Waals surface area contributed by atoms with Gasteiger partial charge in [-0.3, -0.25) is 10.4 Å². The number of nitrogen functional groups attached to an aromatic ring is 1. The van der Waals surface area contributed by atoms with E-state index in [2.05, 4.69) is 34.1 Å². The number of hydrogen-bond donors (Lipinski definition) is 2. The maximum atomic E-state index is 7.90. The number of amidine groups is 1. The number of rotatable bonds is 2. The molecule has 108 valence electrons. The minimum absolute atomic E-state index is 0.0815. The normalized spacial score (nSPS) is 13.9. The van der Waals surface area contributed by atoms with Crippen molar-refractivity contribution < 1.29 is 0 Å². The van der Waals surface area contributed by atoms with Crippen molar-refractivity contribution >= 4 is 17.2 Å². The van der Waals surface area contributed by atoms with Crippen LogP contribution in [0.4, 0.5) is 11.4 Å². The van der Waals surface area contributed by atoms with Gasteiger partial charge in [-0.25, -0.2) is 0 Å². The van der Waals surface area contributed by atoms with Gasteiger partial charge >= 0.3 is 0 Å². The highest BCUT2D eigenvalue weighted by Gasteiger charge is 2.22. The number of nitrogens with two attached hydrogens (primary N) is 1. The number of nitrogens with one attached hydrogen (secondary N) is 1. The highest BCUT2D eigenvalue weighted by molar-refractivity contribution is 6.02. The molecule has 1 aromatic carbocycles. The molecule has 4 heteroatoms. The molecule has 0 unspecified atom stereocenters. The Balaban J connectivity index is 2.20. The third-order valence-corrected chi connectivity index (χ3v) is 3.98. The Morgan fingerprint density at radius 2 is 2.00 bits per heavy atom. The van der Waals surface area contributed by atoms with Gasteiger partial charge in [0.2, 0.25) is 0 Å². The molecule has 0 atom stereocenters. The van der Waals surface area contributed by atoms with Gasteiger partial charge in [0.05, 0.1) is 16.9 Å². The third kappa shape index (κ3) is 2.37. The van der Waals surface area contributed by atoms with Crippen LogP contribution in [0.15, 0.2) is 30.3 Å². The first-order chi connectivity index (χ1) is 10.1. The van der Waals surface area contributed by atoms with Gasteiger partial charge in [-0.2, -0.15) is 0 Å². The number of hydrogen-bond acceptors (Lipinski definition) is 3. The molecule has 3 rings (SSSR count). The van der Waals surface area contributed by atoms with E-state index in [9.17, 15) is 0 Å². The Morgan fingerprint density at radius 1 is 1.24 bits per heavy atom. The monoisotopic (exact) mass is 280 g/mol. The fourth-order valence-corrected chi connectivity index (χ4v) is 3.14. The van der Waals surface area contributed by atoms with Crippen LogP contribution in [0.25, 0.3) is 0 Å². The first kappa shape index (κ1) is 13.6. The van der Waals surface area contributed by atoms with Crippen LogP contribution in [-0.2, 0) is 6.42 Å². The second-order valence-corrected chi connectivity index (χ2v) is 5.54. The van der Waals surface area contributed by atoms with E-state index in [-0.39, 0.29) is 5.84 Å². The number of anilines is 2. The van der Waals surface area contributed by atoms with Crippen molar-refractivity contribution in [2.45, 2.75) is 26.7 Å². The summed E-state index contributed by atoms with van der Waals surface area (Å²) in [5.74, 6) is 0.0815. The summed E-state index contributed by atoms with van der Waals surface area (Å²) in [5.41, 5.74) is 11.9. The van der Waals surface area contributed by atoms with Gasteiger partial charge in [0.15, 0.2) is 0 Å². The number of pyridine rings is 1. The molecular formula is C17H20N4. The summed E-state index contributed by atoms with van der Waals surface area (Å²) in [6.45, 7) is 4.85. The average Bonchev–Trinajstić information content (AvgIpc) is 2.45. The number of para-hydroxylation sites is 1. The molecule has 0 saturated carbocycles. The zero-order valence-corrected chi connectivity index (χ0v) is 12.5. The summed E-state index contributed by atoms with van der Waals surface area (Å²) >= 11 is 0. The predicted octanol–water partition coefficient (Wildman–Crippen LogP) is 3.07. The molecule has 1 aliphatic rings. The number of nitrogens with zero attached hydrogens (tertiary/aromatic N) is 2. The molecule has 21 heavy (non-hydrogen) atoms. The Kier molecular flexibility index (Phi) is 3.37. The van der Waals surface area contributed by atoms with E-state index in [1.54, 1.807) is 0 Å². The van der Waals surface area contributed by atoms with Crippen LogP contribution in [0.5, 0.6) is 0 Å². The first-order valence-electron chi connectivity index (χ1n) is 7.26. The Bertz CT molecular complexity index is 706. The van der Waals surface area contributed by atoms with E-state index in [1.165, 1.54) is 11.3 Å². The maximum absolute atomic E-state index is 7.90. The summed E-state index contributed by atoms with van der Waals surface area (Å²) in [6.07, 6.45) is 2.21. The smallest absolute Gasteiger partial charge is 0.126 e. The minimum atomic E-state index is 0.0815. The van der Waals surface area contributed by atoms with Crippen LogP contribution in [0, 0.1) is 19.3 Å². The first-order valence-corrected chi connectivity index (χ1v) is 7.26. The van der Waals surface area contributed by atoms with Gasteiger partial charge < -0.3 is 10.6 Å². The quantitative estimate of drug-likeness (QED) is 0.656. The second-order valence-electron chi connectivity index (χ2n) is 5.54. The lowest BCUT2D eigenvalue weighted by Gasteiger charge is -2.33. The van der Waals surface area contributed by atoms with Gasteiger partial charge in [-0.15, -0.1) is 0 Å².